The maximum atomic E-state index is 13.1. The molecule has 2 aromatic rings. The van der Waals surface area contributed by atoms with E-state index in [1.54, 1.807) is 37.3 Å². The van der Waals surface area contributed by atoms with Gasteiger partial charge in [0.15, 0.2) is 11.5 Å². The van der Waals surface area contributed by atoms with Gasteiger partial charge in [-0.15, -0.1) is 0 Å². The lowest BCUT2D eigenvalue weighted by atomic mass is 9.94. The van der Waals surface area contributed by atoms with Crippen LogP contribution < -0.4 is 25.4 Å². The van der Waals surface area contributed by atoms with Crippen LogP contribution in [-0.4, -0.2) is 25.2 Å². The van der Waals surface area contributed by atoms with Crippen molar-refractivity contribution < 1.29 is 19.1 Å². The van der Waals surface area contributed by atoms with Gasteiger partial charge in [-0.3, -0.25) is 4.79 Å². The summed E-state index contributed by atoms with van der Waals surface area (Å²) in [6.07, 6.45) is 1.60. The van der Waals surface area contributed by atoms with E-state index in [1.165, 1.54) is 0 Å². The van der Waals surface area contributed by atoms with E-state index < -0.39 is 12.1 Å². The molecule has 0 radical (unpaired) electrons. The van der Waals surface area contributed by atoms with Gasteiger partial charge in [0.05, 0.1) is 23.2 Å². The summed E-state index contributed by atoms with van der Waals surface area (Å²) in [6, 6.07) is 11.3. The molecule has 0 bridgehead atoms. The van der Waals surface area contributed by atoms with Crippen LogP contribution in [-0.2, 0) is 4.79 Å². The van der Waals surface area contributed by atoms with Gasteiger partial charge in [-0.25, -0.2) is 4.79 Å². The Morgan fingerprint density at radius 2 is 2.00 bits per heavy atom. The van der Waals surface area contributed by atoms with E-state index in [0.29, 0.717) is 45.6 Å². The summed E-state index contributed by atoms with van der Waals surface area (Å²) >= 11 is 6.47. The van der Waals surface area contributed by atoms with Crippen molar-refractivity contribution >= 4 is 29.2 Å². The Balaban J connectivity index is 2.01. The molecule has 0 saturated heterocycles. The molecule has 3 N–H and O–H groups in total. The first-order valence-corrected chi connectivity index (χ1v) is 10.2. The highest BCUT2D eigenvalue weighted by molar-refractivity contribution is 6.32. The summed E-state index contributed by atoms with van der Waals surface area (Å²) in [6.45, 7) is 7.80. The van der Waals surface area contributed by atoms with Crippen LogP contribution >= 0.6 is 11.6 Å². The van der Waals surface area contributed by atoms with Crippen LogP contribution in [0.2, 0.25) is 5.02 Å². The SMILES string of the molecule is C=CCOc1c(Cl)cc(C2NC(=O)NC(C)=C2C(=O)Nc2ccccc2)cc1OCC. The molecule has 162 valence electrons. The number of para-hydroxylation sites is 1. The molecule has 1 aliphatic rings. The van der Waals surface area contributed by atoms with E-state index in [9.17, 15) is 9.59 Å². The summed E-state index contributed by atoms with van der Waals surface area (Å²) in [7, 11) is 0. The van der Waals surface area contributed by atoms with Gasteiger partial charge in [-0.2, -0.15) is 0 Å². The fourth-order valence-electron chi connectivity index (χ4n) is 3.26. The molecule has 1 unspecified atom stereocenters. The van der Waals surface area contributed by atoms with Crippen LogP contribution in [0.15, 0.2) is 66.4 Å². The number of halogens is 1. The number of rotatable bonds is 8. The Bertz CT molecular complexity index is 1020. The number of carbonyl (C=O) groups is 2. The molecule has 0 saturated carbocycles. The Morgan fingerprint density at radius 1 is 1.26 bits per heavy atom. The van der Waals surface area contributed by atoms with Crippen LogP contribution in [0.25, 0.3) is 0 Å². The molecule has 0 aliphatic carbocycles. The molecule has 31 heavy (non-hydrogen) atoms. The monoisotopic (exact) mass is 441 g/mol. The van der Waals surface area contributed by atoms with Crippen LogP contribution in [0, 0.1) is 0 Å². The highest BCUT2D eigenvalue weighted by Gasteiger charge is 2.32. The molecule has 7 nitrogen and oxygen atoms in total. The number of benzene rings is 2. The molecule has 0 spiro atoms. The topological polar surface area (TPSA) is 88.7 Å². The molecule has 1 atom stereocenters. The maximum absolute atomic E-state index is 13.1. The second-order valence-electron chi connectivity index (χ2n) is 6.75. The second-order valence-corrected chi connectivity index (χ2v) is 7.16. The van der Waals surface area contributed by atoms with Gasteiger partial charge in [-0.05, 0) is 43.7 Å². The number of hydrogen-bond donors (Lipinski definition) is 3. The average molecular weight is 442 g/mol. The average Bonchev–Trinajstić information content (AvgIpc) is 2.73. The van der Waals surface area contributed by atoms with Crippen molar-refractivity contribution in [2.75, 3.05) is 18.5 Å². The minimum atomic E-state index is -0.734. The summed E-state index contributed by atoms with van der Waals surface area (Å²) in [5, 5.41) is 8.62. The van der Waals surface area contributed by atoms with Crippen molar-refractivity contribution in [1.82, 2.24) is 10.6 Å². The van der Waals surface area contributed by atoms with E-state index in [4.69, 9.17) is 21.1 Å². The summed E-state index contributed by atoms with van der Waals surface area (Å²) in [5.74, 6) is 0.450. The van der Waals surface area contributed by atoms with Crippen molar-refractivity contribution in [2.24, 2.45) is 0 Å². The summed E-state index contributed by atoms with van der Waals surface area (Å²) in [5.41, 5.74) is 2.04. The lowest BCUT2D eigenvalue weighted by Gasteiger charge is -2.29. The van der Waals surface area contributed by atoms with Gasteiger partial charge in [-0.1, -0.05) is 42.5 Å². The normalized spacial score (nSPS) is 15.6. The quantitative estimate of drug-likeness (QED) is 0.523. The molecule has 3 rings (SSSR count). The van der Waals surface area contributed by atoms with Gasteiger partial charge in [0, 0.05) is 11.4 Å². The molecule has 0 aromatic heterocycles. The van der Waals surface area contributed by atoms with Crippen LogP contribution in [0.5, 0.6) is 11.5 Å². The van der Waals surface area contributed by atoms with Crippen molar-refractivity contribution in [3.63, 3.8) is 0 Å². The minimum absolute atomic E-state index is 0.257. The number of amides is 3. The number of hydrogen-bond acceptors (Lipinski definition) is 4. The Hall–Kier alpha value is -3.45. The van der Waals surface area contributed by atoms with E-state index in [-0.39, 0.29) is 12.5 Å². The number of nitrogens with one attached hydrogen (secondary N) is 3. The highest BCUT2D eigenvalue weighted by Crippen LogP contribution is 2.40. The lowest BCUT2D eigenvalue weighted by Crippen LogP contribution is -2.46. The number of allylic oxidation sites excluding steroid dienone is 1. The highest BCUT2D eigenvalue weighted by atomic mass is 35.5. The molecular formula is C23H24ClN3O4. The fourth-order valence-corrected chi connectivity index (χ4v) is 3.54. The van der Waals surface area contributed by atoms with E-state index in [0.717, 1.165) is 0 Å². The zero-order chi connectivity index (χ0) is 22.4. The predicted octanol–water partition coefficient (Wildman–Crippen LogP) is 4.57. The van der Waals surface area contributed by atoms with Crippen LogP contribution in [0.3, 0.4) is 0 Å². The largest absolute Gasteiger partial charge is 0.490 e. The Kier molecular flexibility index (Phi) is 7.20. The second kappa shape index (κ2) is 10.0. The molecule has 0 fully saturated rings. The van der Waals surface area contributed by atoms with Gasteiger partial charge >= 0.3 is 6.03 Å². The summed E-state index contributed by atoms with van der Waals surface area (Å²) < 4.78 is 11.3. The summed E-state index contributed by atoms with van der Waals surface area (Å²) in [4.78, 5) is 25.3. The van der Waals surface area contributed by atoms with Crippen molar-refractivity contribution in [2.45, 2.75) is 19.9 Å². The Morgan fingerprint density at radius 3 is 2.68 bits per heavy atom. The third-order valence-electron chi connectivity index (χ3n) is 4.56. The van der Waals surface area contributed by atoms with Gasteiger partial charge < -0.3 is 25.4 Å². The van der Waals surface area contributed by atoms with Gasteiger partial charge in [0.1, 0.15) is 6.61 Å². The maximum Gasteiger partial charge on any atom is 0.319 e. The molecule has 8 heteroatoms. The smallest absolute Gasteiger partial charge is 0.319 e. The minimum Gasteiger partial charge on any atom is -0.490 e. The van der Waals surface area contributed by atoms with Gasteiger partial charge in [0.25, 0.3) is 5.91 Å². The van der Waals surface area contributed by atoms with Gasteiger partial charge in [0.2, 0.25) is 0 Å². The third kappa shape index (κ3) is 5.19. The van der Waals surface area contributed by atoms with E-state index >= 15 is 0 Å². The molecule has 3 amide bonds. The first-order valence-electron chi connectivity index (χ1n) is 9.79. The van der Waals surface area contributed by atoms with Crippen molar-refractivity contribution in [3.8, 4) is 11.5 Å². The van der Waals surface area contributed by atoms with Crippen LogP contribution in [0.4, 0.5) is 10.5 Å². The first kappa shape index (κ1) is 22.2. The molecule has 1 aliphatic heterocycles. The lowest BCUT2D eigenvalue weighted by molar-refractivity contribution is -0.113. The Labute approximate surface area is 186 Å². The molecule has 1 heterocycles. The van der Waals surface area contributed by atoms with Crippen LogP contribution in [0.1, 0.15) is 25.5 Å². The molecule has 2 aromatic carbocycles. The molecular weight excluding hydrogens is 418 g/mol. The third-order valence-corrected chi connectivity index (χ3v) is 4.84. The standard InChI is InChI=1S/C23H24ClN3O4/c1-4-11-31-21-17(24)12-15(13-18(21)30-5-2)20-19(14(3)25-23(29)27-20)22(28)26-16-9-7-6-8-10-16/h4,6-10,12-13,20H,1,5,11H2,2-3H3,(H,26,28)(H2,25,27,29). The van der Waals surface area contributed by atoms with Crippen molar-refractivity contribution in [3.05, 3.63) is 77.0 Å². The zero-order valence-electron chi connectivity index (χ0n) is 17.3. The van der Waals surface area contributed by atoms with E-state index in [1.807, 2.05) is 25.1 Å². The van der Waals surface area contributed by atoms with Crippen molar-refractivity contribution in [1.29, 1.82) is 0 Å². The number of urea groups is 1. The first-order chi connectivity index (χ1) is 14.9. The number of ether oxygens (including phenoxy) is 2. The number of anilines is 1. The number of carbonyl (C=O) groups excluding carboxylic acids is 2. The van der Waals surface area contributed by atoms with E-state index in [2.05, 4.69) is 22.5 Å². The fraction of sp³-hybridized carbons (Fsp3) is 0.217. The predicted molar refractivity (Wildman–Crippen MR) is 120 cm³/mol. The zero-order valence-corrected chi connectivity index (χ0v) is 18.1.